The van der Waals surface area contributed by atoms with E-state index in [1.165, 1.54) is 0 Å². The minimum absolute atomic E-state index is 0.0281. The molecule has 4 rings (SSSR count). The molecule has 1 saturated heterocycles. The van der Waals surface area contributed by atoms with Crippen molar-refractivity contribution in [3.63, 3.8) is 0 Å². The summed E-state index contributed by atoms with van der Waals surface area (Å²) in [7, 11) is 0. The summed E-state index contributed by atoms with van der Waals surface area (Å²) in [5.41, 5.74) is 0.708. The average Bonchev–Trinajstić information content (AvgIpc) is 3.22. The molecule has 26 heavy (non-hydrogen) atoms. The number of benzene rings is 1. The summed E-state index contributed by atoms with van der Waals surface area (Å²) in [5.74, 6) is -0.276. The third-order valence-electron chi connectivity index (χ3n) is 4.71. The monoisotopic (exact) mass is 350 g/mol. The van der Waals surface area contributed by atoms with Gasteiger partial charge in [-0.1, -0.05) is 18.2 Å². The molecule has 2 aliphatic rings. The maximum Gasteiger partial charge on any atom is 0.262 e. The van der Waals surface area contributed by atoms with Gasteiger partial charge in [-0.15, -0.1) is 0 Å². The van der Waals surface area contributed by atoms with Crippen molar-refractivity contribution in [3.05, 3.63) is 59.8 Å². The number of hydrogen-bond acceptors (Lipinski definition) is 5. The number of amides is 3. The first-order valence-corrected chi connectivity index (χ1v) is 8.54. The fourth-order valence-corrected chi connectivity index (χ4v) is 3.43. The van der Waals surface area contributed by atoms with E-state index in [9.17, 15) is 14.4 Å². The topological polar surface area (TPSA) is 82.6 Å². The van der Waals surface area contributed by atoms with Crippen molar-refractivity contribution >= 4 is 23.5 Å². The molecule has 2 aliphatic heterocycles. The van der Waals surface area contributed by atoms with Crippen LogP contribution in [0.5, 0.6) is 0 Å². The fourth-order valence-electron chi connectivity index (χ4n) is 3.43. The summed E-state index contributed by atoms with van der Waals surface area (Å²) >= 11 is 0. The molecule has 3 heterocycles. The van der Waals surface area contributed by atoms with Crippen LogP contribution in [0.3, 0.4) is 0 Å². The van der Waals surface area contributed by atoms with Crippen molar-refractivity contribution in [2.75, 3.05) is 24.5 Å². The zero-order chi connectivity index (χ0) is 18.1. The first-order valence-electron chi connectivity index (χ1n) is 8.54. The van der Waals surface area contributed by atoms with Gasteiger partial charge >= 0.3 is 0 Å². The minimum Gasteiger partial charge on any atom is -0.354 e. The van der Waals surface area contributed by atoms with Gasteiger partial charge in [0.1, 0.15) is 12.4 Å². The van der Waals surface area contributed by atoms with Gasteiger partial charge in [-0.05, 0) is 30.7 Å². The van der Waals surface area contributed by atoms with Gasteiger partial charge in [-0.2, -0.15) is 0 Å². The Bertz CT molecular complexity index is 833. The smallest absolute Gasteiger partial charge is 0.262 e. The molecule has 1 fully saturated rings. The Kier molecular flexibility index (Phi) is 4.12. The molecule has 2 aromatic rings. The van der Waals surface area contributed by atoms with Gasteiger partial charge in [0.2, 0.25) is 5.91 Å². The van der Waals surface area contributed by atoms with Crippen molar-refractivity contribution in [2.24, 2.45) is 0 Å². The lowest BCUT2D eigenvalue weighted by Crippen LogP contribution is -2.45. The summed E-state index contributed by atoms with van der Waals surface area (Å²) in [4.78, 5) is 44.4. The predicted octanol–water partition coefficient (Wildman–Crippen LogP) is 1.07. The van der Waals surface area contributed by atoms with Gasteiger partial charge in [-0.3, -0.25) is 19.3 Å². The Morgan fingerprint density at radius 3 is 2.42 bits per heavy atom. The highest BCUT2D eigenvalue weighted by Gasteiger charge is 2.36. The Morgan fingerprint density at radius 2 is 1.77 bits per heavy atom. The fraction of sp³-hybridized carbons (Fsp3) is 0.263. The van der Waals surface area contributed by atoms with Crippen molar-refractivity contribution in [2.45, 2.75) is 12.5 Å². The van der Waals surface area contributed by atoms with Gasteiger partial charge in [0.05, 0.1) is 11.1 Å². The Labute approximate surface area is 150 Å². The summed E-state index contributed by atoms with van der Waals surface area (Å²) < 4.78 is 0. The van der Waals surface area contributed by atoms with Gasteiger partial charge in [-0.25, -0.2) is 4.98 Å². The van der Waals surface area contributed by atoms with Gasteiger partial charge in [0, 0.05) is 25.3 Å². The number of fused-ring (bicyclic) bond motifs is 1. The zero-order valence-electron chi connectivity index (χ0n) is 14.1. The number of hydrogen-bond donors (Lipinski definition) is 1. The quantitative estimate of drug-likeness (QED) is 0.834. The molecule has 0 aliphatic carbocycles. The Hall–Kier alpha value is -3.22. The van der Waals surface area contributed by atoms with Crippen LogP contribution in [-0.4, -0.2) is 53.3 Å². The molecule has 7 heteroatoms. The molecular formula is C19H18N4O3. The van der Waals surface area contributed by atoms with Crippen LogP contribution in [0, 0.1) is 0 Å². The third-order valence-corrected chi connectivity index (χ3v) is 4.71. The molecule has 1 N–H and O–H groups in total. The van der Waals surface area contributed by atoms with E-state index in [1.807, 2.05) is 18.2 Å². The molecule has 1 unspecified atom stereocenters. The number of carbonyl (C=O) groups excluding carboxylic acids is 3. The summed E-state index contributed by atoms with van der Waals surface area (Å²) in [5, 5.41) is 2.92. The molecule has 0 saturated carbocycles. The number of pyridine rings is 1. The zero-order valence-corrected chi connectivity index (χ0v) is 14.1. The van der Waals surface area contributed by atoms with Crippen LogP contribution in [0.1, 0.15) is 27.1 Å². The van der Waals surface area contributed by atoms with Crippen LogP contribution < -0.4 is 10.2 Å². The maximum absolute atomic E-state index is 12.3. The van der Waals surface area contributed by atoms with E-state index in [2.05, 4.69) is 15.2 Å². The second-order valence-electron chi connectivity index (χ2n) is 6.43. The van der Waals surface area contributed by atoms with E-state index in [4.69, 9.17) is 0 Å². The standard InChI is InChI=1S/C19H18N4O3/c24-17(12-23-18(25)14-5-1-2-6-15(14)19(23)26)21-13-8-10-22(11-13)16-7-3-4-9-20-16/h1-7,9,13H,8,10-12H2,(H,21,24). The average molecular weight is 350 g/mol. The molecule has 1 atom stereocenters. The number of carbonyl (C=O) groups is 3. The van der Waals surface area contributed by atoms with Crippen LogP contribution in [0.2, 0.25) is 0 Å². The minimum atomic E-state index is -0.415. The molecule has 0 radical (unpaired) electrons. The molecule has 0 bridgehead atoms. The van der Waals surface area contributed by atoms with Crippen LogP contribution in [0.4, 0.5) is 5.82 Å². The van der Waals surface area contributed by atoms with Crippen LogP contribution >= 0.6 is 0 Å². The number of nitrogens with one attached hydrogen (secondary N) is 1. The molecule has 1 aromatic heterocycles. The van der Waals surface area contributed by atoms with Crippen molar-refractivity contribution in [3.8, 4) is 0 Å². The number of imide groups is 1. The highest BCUT2D eigenvalue weighted by atomic mass is 16.2. The number of aromatic nitrogens is 1. The molecule has 0 spiro atoms. The Morgan fingerprint density at radius 1 is 1.08 bits per heavy atom. The lowest BCUT2D eigenvalue weighted by atomic mass is 10.1. The van der Waals surface area contributed by atoms with Crippen LogP contribution in [0.25, 0.3) is 0 Å². The predicted molar refractivity (Wildman–Crippen MR) is 94.8 cm³/mol. The van der Waals surface area contributed by atoms with Crippen LogP contribution in [-0.2, 0) is 4.79 Å². The van der Waals surface area contributed by atoms with Crippen LogP contribution in [0.15, 0.2) is 48.7 Å². The van der Waals surface area contributed by atoms with E-state index in [-0.39, 0.29) is 18.5 Å². The van der Waals surface area contributed by atoms with Gasteiger partial charge in [0.15, 0.2) is 0 Å². The molecule has 7 nitrogen and oxygen atoms in total. The van der Waals surface area contributed by atoms with Crippen molar-refractivity contribution < 1.29 is 14.4 Å². The van der Waals surface area contributed by atoms with E-state index in [0.29, 0.717) is 17.7 Å². The van der Waals surface area contributed by atoms with Crippen molar-refractivity contribution in [1.29, 1.82) is 0 Å². The van der Waals surface area contributed by atoms with Gasteiger partial charge in [0.25, 0.3) is 11.8 Å². The first-order chi connectivity index (χ1) is 12.6. The number of rotatable bonds is 4. The third kappa shape index (κ3) is 2.92. The summed E-state index contributed by atoms with van der Waals surface area (Å²) in [6.07, 6.45) is 2.54. The van der Waals surface area contributed by atoms with E-state index >= 15 is 0 Å². The SMILES string of the molecule is O=C(CN1C(=O)c2ccccc2C1=O)NC1CCN(c2ccccn2)C1. The Balaban J connectivity index is 1.36. The molecular weight excluding hydrogens is 332 g/mol. The van der Waals surface area contributed by atoms with E-state index < -0.39 is 11.8 Å². The highest BCUT2D eigenvalue weighted by Crippen LogP contribution is 2.22. The second kappa shape index (κ2) is 6.59. The van der Waals surface area contributed by atoms with Crippen molar-refractivity contribution in [1.82, 2.24) is 15.2 Å². The van der Waals surface area contributed by atoms with E-state index in [0.717, 1.165) is 23.7 Å². The lowest BCUT2D eigenvalue weighted by molar-refractivity contribution is -0.122. The molecule has 1 aromatic carbocycles. The first kappa shape index (κ1) is 16.3. The summed E-state index contributed by atoms with van der Waals surface area (Å²) in [6.45, 7) is 1.20. The van der Waals surface area contributed by atoms with E-state index in [1.54, 1.807) is 30.5 Å². The molecule has 132 valence electrons. The lowest BCUT2D eigenvalue weighted by Gasteiger charge is -2.19. The highest BCUT2D eigenvalue weighted by molar-refractivity contribution is 6.22. The van der Waals surface area contributed by atoms with Gasteiger partial charge < -0.3 is 10.2 Å². The number of nitrogens with zero attached hydrogens (tertiary/aromatic N) is 3. The summed E-state index contributed by atoms with van der Waals surface area (Å²) in [6, 6.07) is 12.3. The maximum atomic E-state index is 12.3. The normalized spacial score (nSPS) is 19.0. The largest absolute Gasteiger partial charge is 0.354 e. The number of anilines is 1. The second-order valence-corrected chi connectivity index (χ2v) is 6.43. The molecule has 3 amide bonds.